The average Bonchev–Trinajstić information content (AvgIpc) is 3.30. The lowest BCUT2D eigenvalue weighted by atomic mass is 10.2. The number of ether oxygens (including phenoxy) is 1. The molecule has 1 aromatic heterocycles. The summed E-state index contributed by atoms with van der Waals surface area (Å²) in [7, 11) is 0. The van der Waals surface area contributed by atoms with Crippen LogP contribution in [0.2, 0.25) is 0 Å². The molecule has 1 atom stereocenters. The predicted molar refractivity (Wildman–Crippen MR) is 103 cm³/mol. The Morgan fingerprint density at radius 1 is 1.35 bits per heavy atom. The molecule has 1 aliphatic heterocycles. The van der Waals surface area contributed by atoms with Crippen molar-refractivity contribution in [3.05, 3.63) is 36.0 Å². The summed E-state index contributed by atoms with van der Waals surface area (Å²) >= 11 is 0. The number of nitrogens with zero attached hydrogens (tertiary/aromatic N) is 3. The number of carbonyl (C=O) groups excluding carboxylic acids is 1. The van der Waals surface area contributed by atoms with E-state index in [4.69, 9.17) is 4.74 Å². The van der Waals surface area contributed by atoms with Crippen molar-refractivity contribution in [3.8, 4) is 11.5 Å². The number of aromatic hydroxyl groups is 1. The van der Waals surface area contributed by atoms with Crippen molar-refractivity contribution in [1.29, 1.82) is 0 Å². The lowest BCUT2D eigenvalue weighted by Gasteiger charge is -2.28. The molecule has 1 unspecified atom stereocenters. The van der Waals surface area contributed by atoms with E-state index in [1.165, 1.54) is 6.07 Å². The van der Waals surface area contributed by atoms with Gasteiger partial charge in [0.25, 0.3) is 0 Å². The minimum Gasteiger partial charge on any atom is -0.507 e. The first-order chi connectivity index (χ1) is 12.6. The maximum absolute atomic E-state index is 11.2. The van der Waals surface area contributed by atoms with Crippen LogP contribution >= 0.6 is 0 Å². The van der Waals surface area contributed by atoms with E-state index in [1.54, 1.807) is 12.1 Å². The number of rotatable bonds is 6. The van der Waals surface area contributed by atoms with Gasteiger partial charge >= 0.3 is 0 Å². The third-order valence-corrected chi connectivity index (χ3v) is 4.40. The molecule has 3 rings (SSSR count). The molecular weight excluding hydrogens is 330 g/mol. The lowest BCUT2D eigenvalue weighted by Crippen LogP contribution is -2.36. The molecule has 26 heavy (non-hydrogen) atoms. The van der Waals surface area contributed by atoms with E-state index in [0.29, 0.717) is 24.7 Å². The second-order valence-electron chi connectivity index (χ2n) is 6.33. The van der Waals surface area contributed by atoms with Crippen molar-refractivity contribution < 1.29 is 14.6 Å². The van der Waals surface area contributed by atoms with Crippen LogP contribution in [0.15, 0.2) is 30.5 Å². The van der Waals surface area contributed by atoms with Gasteiger partial charge in [-0.05, 0) is 38.8 Å². The van der Waals surface area contributed by atoms with Crippen LogP contribution in [0.25, 0.3) is 0 Å². The molecule has 6 nitrogen and oxygen atoms in total. The Hall–Kier alpha value is -2.50. The van der Waals surface area contributed by atoms with Gasteiger partial charge in [-0.2, -0.15) is 5.10 Å². The third kappa shape index (κ3) is 4.18. The Kier molecular flexibility index (Phi) is 7.06. The summed E-state index contributed by atoms with van der Waals surface area (Å²) < 4.78 is 7.88. The molecule has 1 fully saturated rings. The van der Waals surface area contributed by atoms with Gasteiger partial charge in [0.2, 0.25) is 0 Å². The van der Waals surface area contributed by atoms with Gasteiger partial charge < -0.3 is 14.7 Å². The predicted octanol–water partition coefficient (Wildman–Crippen LogP) is 4.06. The molecule has 0 amide bonds. The molecule has 1 saturated heterocycles. The molecule has 2 heterocycles. The summed E-state index contributed by atoms with van der Waals surface area (Å²) in [6, 6.07) is 7.42. The quantitative estimate of drug-likeness (QED) is 0.788. The van der Waals surface area contributed by atoms with E-state index in [2.05, 4.69) is 23.8 Å². The SMILES string of the molecule is CC.CC(C)n1nccc1N1CCCC1COc1cccc(O)c1C=O. The minimum atomic E-state index is -0.0522. The molecule has 0 saturated carbocycles. The van der Waals surface area contributed by atoms with E-state index in [-0.39, 0.29) is 17.4 Å². The highest BCUT2D eigenvalue weighted by Crippen LogP contribution is 2.29. The third-order valence-electron chi connectivity index (χ3n) is 4.40. The van der Waals surface area contributed by atoms with Gasteiger partial charge in [0.05, 0.1) is 17.8 Å². The molecule has 2 aromatic rings. The molecule has 6 heteroatoms. The Morgan fingerprint density at radius 3 is 2.81 bits per heavy atom. The van der Waals surface area contributed by atoms with Crippen molar-refractivity contribution in [3.63, 3.8) is 0 Å². The molecule has 142 valence electrons. The number of aromatic nitrogens is 2. The zero-order valence-corrected chi connectivity index (χ0v) is 16.1. The second kappa shape index (κ2) is 9.27. The number of hydrogen-bond acceptors (Lipinski definition) is 5. The van der Waals surface area contributed by atoms with Gasteiger partial charge in [0.15, 0.2) is 6.29 Å². The average molecular weight is 359 g/mol. The summed E-state index contributed by atoms with van der Waals surface area (Å²) in [4.78, 5) is 13.5. The number of hydrogen-bond donors (Lipinski definition) is 1. The Labute approximate surface area is 155 Å². The standard InChI is InChI=1S/C18H23N3O3.C2H6/c1-13(2)21-18(8-9-19-21)20-10-4-5-14(20)12-24-17-7-3-6-16(23)15(17)11-22;1-2/h3,6-9,11,13-14,23H,4-5,10,12H2,1-2H3;1-2H3. The zero-order chi connectivity index (χ0) is 19.1. The van der Waals surface area contributed by atoms with Crippen LogP contribution in [0.5, 0.6) is 11.5 Å². The normalized spacial score (nSPS) is 16.3. The molecule has 1 aromatic carbocycles. The maximum Gasteiger partial charge on any atom is 0.157 e. The van der Waals surface area contributed by atoms with Crippen LogP contribution in [0.3, 0.4) is 0 Å². The second-order valence-corrected chi connectivity index (χ2v) is 6.33. The van der Waals surface area contributed by atoms with Crippen LogP contribution in [0, 0.1) is 0 Å². The van der Waals surface area contributed by atoms with Gasteiger partial charge in [0, 0.05) is 18.7 Å². The maximum atomic E-state index is 11.2. The molecule has 0 aliphatic carbocycles. The van der Waals surface area contributed by atoms with Crippen molar-refractivity contribution in [1.82, 2.24) is 9.78 Å². The highest BCUT2D eigenvalue weighted by Gasteiger charge is 2.28. The monoisotopic (exact) mass is 359 g/mol. The smallest absolute Gasteiger partial charge is 0.157 e. The van der Waals surface area contributed by atoms with E-state index in [0.717, 1.165) is 25.2 Å². The minimum absolute atomic E-state index is 0.0522. The van der Waals surface area contributed by atoms with Crippen LogP contribution in [0.1, 0.15) is 56.9 Å². The first kappa shape index (κ1) is 19.8. The topological polar surface area (TPSA) is 67.6 Å². The summed E-state index contributed by atoms with van der Waals surface area (Å²) in [6.45, 7) is 9.66. The number of anilines is 1. The zero-order valence-electron chi connectivity index (χ0n) is 16.1. The Balaban J connectivity index is 0.00000117. The number of phenolic OH excluding ortho intramolecular Hbond substituents is 1. The number of phenols is 1. The van der Waals surface area contributed by atoms with E-state index < -0.39 is 0 Å². The van der Waals surface area contributed by atoms with Crippen LogP contribution in [-0.4, -0.2) is 40.4 Å². The summed E-state index contributed by atoms with van der Waals surface area (Å²) in [6.07, 6.45) is 4.58. The number of benzene rings is 1. The van der Waals surface area contributed by atoms with Gasteiger partial charge in [-0.15, -0.1) is 0 Å². The van der Waals surface area contributed by atoms with Crippen LogP contribution in [0.4, 0.5) is 5.82 Å². The fourth-order valence-corrected chi connectivity index (χ4v) is 3.21. The van der Waals surface area contributed by atoms with Crippen molar-refractivity contribution >= 4 is 12.1 Å². The first-order valence-corrected chi connectivity index (χ1v) is 9.32. The molecule has 0 spiro atoms. The molecule has 0 radical (unpaired) electrons. The molecule has 1 aliphatic rings. The number of carbonyl (C=O) groups is 1. The Bertz CT molecular complexity index is 712. The van der Waals surface area contributed by atoms with Gasteiger partial charge in [-0.1, -0.05) is 19.9 Å². The molecule has 1 N–H and O–H groups in total. The molecular formula is C20H29N3O3. The van der Waals surface area contributed by atoms with Crippen molar-refractivity contribution in [2.75, 3.05) is 18.1 Å². The summed E-state index contributed by atoms with van der Waals surface area (Å²) in [5.74, 6) is 1.47. The Morgan fingerprint density at radius 2 is 2.12 bits per heavy atom. The molecule has 0 bridgehead atoms. The highest BCUT2D eigenvalue weighted by atomic mass is 16.5. The fourth-order valence-electron chi connectivity index (χ4n) is 3.21. The van der Waals surface area contributed by atoms with Gasteiger partial charge in [0.1, 0.15) is 23.9 Å². The van der Waals surface area contributed by atoms with Crippen LogP contribution in [-0.2, 0) is 0 Å². The van der Waals surface area contributed by atoms with E-state index in [1.807, 2.05) is 30.8 Å². The summed E-state index contributed by atoms with van der Waals surface area (Å²) in [5.41, 5.74) is 0.203. The van der Waals surface area contributed by atoms with Crippen molar-refractivity contribution in [2.45, 2.75) is 52.6 Å². The van der Waals surface area contributed by atoms with Crippen LogP contribution < -0.4 is 9.64 Å². The number of aldehydes is 1. The van der Waals surface area contributed by atoms with Gasteiger partial charge in [-0.25, -0.2) is 4.68 Å². The highest BCUT2D eigenvalue weighted by molar-refractivity contribution is 5.83. The van der Waals surface area contributed by atoms with E-state index in [9.17, 15) is 9.90 Å². The van der Waals surface area contributed by atoms with E-state index >= 15 is 0 Å². The van der Waals surface area contributed by atoms with Crippen molar-refractivity contribution in [2.24, 2.45) is 0 Å². The largest absolute Gasteiger partial charge is 0.507 e. The first-order valence-electron chi connectivity index (χ1n) is 9.32. The fraction of sp³-hybridized carbons (Fsp3) is 0.500. The summed E-state index contributed by atoms with van der Waals surface area (Å²) in [5, 5.41) is 14.2. The van der Waals surface area contributed by atoms with Gasteiger partial charge in [-0.3, -0.25) is 4.79 Å². The lowest BCUT2D eigenvalue weighted by molar-refractivity contribution is 0.111.